The van der Waals surface area contributed by atoms with Gasteiger partial charge in [0.15, 0.2) is 0 Å². The van der Waals surface area contributed by atoms with Gasteiger partial charge in [-0.1, -0.05) is 19.8 Å². The van der Waals surface area contributed by atoms with Gasteiger partial charge in [0.25, 0.3) is 0 Å². The molecule has 1 aliphatic carbocycles. The molecule has 1 fully saturated rings. The van der Waals surface area contributed by atoms with Gasteiger partial charge in [-0.2, -0.15) is 11.8 Å². The Hall–Kier alpha value is -0.480. The minimum atomic E-state index is 0.672. The maximum absolute atomic E-state index is 4.36. The van der Waals surface area contributed by atoms with Crippen molar-refractivity contribution in [2.75, 3.05) is 5.75 Å². The predicted molar refractivity (Wildman–Crippen MR) is 74.2 cm³/mol. The lowest BCUT2D eigenvalue weighted by Crippen LogP contribution is -2.40. The van der Waals surface area contributed by atoms with Crippen LogP contribution < -0.4 is 5.32 Å². The van der Waals surface area contributed by atoms with Crippen LogP contribution in [0.15, 0.2) is 12.4 Å². The number of nitrogens with one attached hydrogen (secondary N) is 1. The highest BCUT2D eigenvalue weighted by Crippen LogP contribution is 2.28. The van der Waals surface area contributed by atoms with Crippen LogP contribution in [0.5, 0.6) is 0 Å². The fourth-order valence-corrected chi connectivity index (χ4v) is 3.76. The summed E-state index contributed by atoms with van der Waals surface area (Å²) in [5.41, 5.74) is 0. The quantitative estimate of drug-likeness (QED) is 0.874. The first-order valence-corrected chi connectivity index (χ1v) is 7.67. The fourth-order valence-electron chi connectivity index (χ4n) is 2.53. The topological polar surface area (TPSA) is 29.9 Å². The fraction of sp³-hybridized carbons (Fsp3) is 0.769. The van der Waals surface area contributed by atoms with E-state index in [4.69, 9.17) is 0 Å². The Morgan fingerprint density at radius 3 is 3.00 bits per heavy atom. The lowest BCUT2D eigenvalue weighted by molar-refractivity contribution is 0.378. The molecule has 17 heavy (non-hydrogen) atoms. The van der Waals surface area contributed by atoms with Crippen molar-refractivity contribution in [1.29, 1.82) is 0 Å². The minimum absolute atomic E-state index is 0.672. The summed E-state index contributed by atoms with van der Waals surface area (Å²) in [5.74, 6) is 2.36. The third-order valence-corrected chi connectivity index (χ3v) is 4.85. The molecule has 0 spiro atoms. The molecule has 1 heterocycles. The average Bonchev–Trinajstić information content (AvgIpc) is 2.74. The summed E-state index contributed by atoms with van der Waals surface area (Å²) in [7, 11) is 2.06. The number of thioether (sulfide) groups is 1. The number of rotatable bonds is 5. The van der Waals surface area contributed by atoms with E-state index < -0.39 is 0 Å². The normalized spacial score (nSPS) is 25.1. The second-order valence-electron chi connectivity index (χ2n) is 4.72. The van der Waals surface area contributed by atoms with Crippen LogP contribution in [-0.2, 0) is 13.6 Å². The molecule has 4 heteroatoms. The number of nitrogens with zero attached hydrogens (tertiary/aromatic N) is 2. The molecule has 2 rings (SSSR count). The van der Waals surface area contributed by atoms with E-state index in [2.05, 4.69) is 40.6 Å². The van der Waals surface area contributed by atoms with Crippen LogP contribution >= 0.6 is 11.8 Å². The lowest BCUT2D eigenvalue weighted by Gasteiger charge is -2.31. The molecule has 0 aliphatic heterocycles. The molecule has 0 bridgehead atoms. The van der Waals surface area contributed by atoms with Crippen molar-refractivity contribution in [3.63, 3.8) is 0 Å². The first-order chi connectivity index (χ1) is 8.31. The molecule has 0 aromatic carbocycles. The number of aromatic nitrogens is 2. The zero-order chi connectivity index (χ0) is 12.1. The van der Waals surface area contributed by atoms with Crippen LogP contribution in [0, 0.1) is 0 Å². The van der Waals surface area contributed by atoms with E-state index >= 15 is 0 Å². The van der Waals surface area contributed by atoms with E-state index in [1.165, 1.54) is 31.4 Å². The van der Waals surface area contributed by atoms with Gasteiger partial charge in [-0.15, -0.1) is 0 Å². The zero-order valence-electron chi connectivity index (χ0n) is 10.9. The molecule has 0 amide bonds. The molecule has 0 saturated heterocycles. The van der Waals surface area contributed by atoms with Crippen molar-refractivity contribution >= 4 is 11.8 Å². The first-order valence-electron chi connectivity index (χ1n) is 6.62. The van der Waals surface area contributed by atoms with Gasteiger partial charge in [-0.3, -0.25) is 0 Å². The van der Waals surface area contributed by atoms with Crippen molar-refractivity contribution < 1.29 is 0 Å². The van der Waals surface area contributed by atoms with Crippen molar-refractivity contribution in [3.8, 4) is 0 Å². The van der Waals surface area contributed by atoms with Crippen LogP contribution in [0.1, 0.15) is 38.4 Å². The van der Waals surface area contributed by atoms with Gasteiger partial charge in [0.05, 0.1) is 6.54 Å². The van der Waals surface area contributed by atoms with Crippen LogP contribution in [0.25, 0.3) is 0 Å². The van der Waals surface area contributed by atoms with Gasteiger partial charge in [0.2, 0.25) is 0 Å². The third-order valence-electron chi connectivity index (χ3n) is 3.53. The first kappa shape index (κ1) is 13.0. The van der Waals surface area contributed by atoms with Gasteiger partial charge in [0, 0.05) is 30.7 Å². The van der Waals surface area contributed by atoms with Gasteiger partial charge in [-0.05, 0) is 18.6 Å². The van der Waals surface area contributed by atoms with Crippen molar-refractivity contribution in [3.05, 3.63) is 18.2 Å². The molecule has 1 saturated carbocycles. The molecule has 3 nitrogen and oxygen atoms in total. The minimum Gasteiger partial charge on any atom is -0.337 e. The molecular formula is C13H23N3S. The summed E-state index contributed by atoms with van der Waals surface area (Å²) < 4.78 is 2.10. The summed E-state index contributed by atoms with van der Waals surface area (Å²) >= 11 is 2.11. The zero-order valence-corrected chi connectivity index (χ0v) is 11.7. The predicted octanol–water partition coefficient (Wildman–Crippen LogP) is 2.57. The molecule has 1 aromatic rings. The van der Waals surface area contributed by atoms with Gasteiger partial charge in [0.1, 0.15) is 5.82 Å². The second-order valence-corrected chi connectivity index (χ2v) is 6.24. The Labute approximate surface area is 108 Å². The number of imidazole rings is 1. The standard InChI is InChI=1S/C13H23N3S/c1-3-17-12-7-5-4-6-11(12)15-10-13-14-8-9-16(13)2/h8-9,11-12,15H,3-7,10H2,1-2H3/t11-,12+/m0/s1. The Balaban J connectivity index is 1.86. The Morgan fingerprint density at radius 2 is 2.29 bits per heavy atom. The summed E-state index contributed by atoms with van der Waals surface area (Å²) in [6, 6.07) is 0.672. The third kappa shape index (κ3) is 3.49. The Morgan fingerprint density at radius 1 is 1.47 bits per heavy atom. The van der Waals surface area contributed by atoms with Gasteiger partial charge >= 0.3 is 0 Å². The van der Waals surface area contributed by atoms with E-state index in [1.807, 2.05) is 12.4 Å². The van der Waals surface area contributed by atoms with E-state index in [-0.39, 0.29) is 0 Å². The monoisotopic (exact) mass is 253 g/mol. The van der Waals surface area contributed by atoms with Crippen molar-refractivity contribution in [2.45, 2.75) is 50.4 Å². The highest BCUT2D eigenvalue weighted by Gasteiger charge is 2.24. The molecule has 1 aliphatic rings. The molecule has 1 N–H and O–H groups in total. The van der Waals surface area contributed by atoms with Crippen LogP contribution in [0.2, 0.25) is 0 Å². The van der Waals surface area contributed by atoms with Crippen LogP contribution in [0.3, 0.4) is 0 Å². The molecule has 0 unspecified atom stereocenters. The van der Waals surface area contributed by atoms with Crippen molar-refractivity contribution in [2.24, 2.45) is 7.05 Å². The van der Waals surface area contributed by atoms with E-state index in [9.17, 15) is 0 Å². The highest BCUT2D eigenvalue weighted by molar-refractivity contribution is 7.99. The largest absolute Gasteiger partial charge is 0.337 e. The summed E-state index contributed by atoms with van der Waals surface area (Å²) in [6.45, 7) is 3.16. The Bertz CT molecular complexity index is 335. The Kier molecular flexibility index (Phi) is 4.92. The maximum atomic E-state index is 4.36. The second kappa shape index (κ2) is 6.45. The molecule has 96 valence electrons. The summed E-state index contributed by atoms with van der Waals surface area (Å²) in [5, 5.41) is 4.50. The van der Waals surface area contributed by atoms with E-state index in [0.29, 0.717) is 6.04 Å². The summed E-state index contributed by atoms with van der Waals surface area (Å²) in [4.78, 5) is 4.36. The number of hydrogen-bond acceptors (Lipinski definition) is 3. The van der Waals surface area contributed by atoms with E-state index in [1.54, 1.807) is 0 Å². The van der Waals surface area contributed by atoms with Gasteiger partial charge < -0.3 is 9.88 Å². The molecule has 1 aromatic heterocycles. The smallest absolute Gasteiger partial charge is 0.122 e. The molecule has 0 radical (unpaired) electrons. The molecular weight excluding hydrogens is 230 g/mol. The number of hydrogen-bond donors (Lipinski definition) is 1. The summed E-state index contributed by atoms with van der Waals surface area (Å²) in [6.07, 6.45) is 9.35. The molecule has 2 atom stereocenters. The van der Waals surface area contributed by atoms with E-state index in [0.717, 1.165) is 17.6 Å². The van der Waals surface area contributed by atoms with Crippen LogP contribution in [-0.4, -0.2) is 26.6 Å². The van der Waals surface area contributed by atoms with Gasteiger partial charge in [-0.25, -0.2) is 4.98 Å². The highest BCUT2D eigenvalue weighted by atomic mass is 32.2. The number of aryl methyl sites for hydroxylation is 1. The SMILES string of the molecule is CCS[C@@H]1CCCC[C@@H]1NCc1nccn1C. The lowest BCUT2D eigenvalue weighted by atomic mass is 9.95. The average molecular weight is 253 g/mol. The van der Waals surface area contributed by atoms with Crippen LogP contribution in [0.4, 0.5) is 0 Å². The van der Waals surface area contributed by atoms with Crippen molar-refractivity contribution in [1.82, 2.24) is 14.9 Å². The maximum Gasteiger partial charge on any atom is 0.122 e.